The van der Waals surface area contributed by atoms with Crippen molar-refractivity contribution in [3.63, 3.8) is 0 Å². The largest absolute Gasteiger partial charge is 1.00 e. The molecular weight excluding hydrogens is 351 g/mol. The van der Waals surface area contributed by atoms with Crippen molar-refractivity contribution >= 4 is 11.8 Å². The smallest absolute Gasteiger partial charge is 0.277 e. The highest BCUT2D eigenvalue weighted by molar-refractivity contribution is 5.77. The third-order valence-electron chi connectivity index (χ3n) is 5.38. The maximum absolute atomic E-state index is 12.2. The molecule has 0 atom stereocenters. The Kier molecular flexibility index (Phi) is 9.34. The molecule has 0 unspecified atom stereocenters. The zero-order valence-corrected chi connectivity index (χ0v) is 15.9. The quantitative estimate of drug-likeness (QED) is 0.508. The van der Waals surface area contributed by atoms with Gasteiger partial charge in [0.2, 0.25) is 0 Å². The Balaban J connectivity index is 0.00000144. The van der Waals surface area contributed by atoms with Crippen molar-refractivity contribution in [2.24, 2.45) is 0 Å². The first-order valence-corrected chi connectivity index (χ1v) is 8.95. The van der Waals surface area contributed by atoms with Gasteiger partial charge in [0.25, 0.3) is 11.8 Å². The maximum atomic E-state index is 12.2. The SMILES string of the molecule is O=C(C[NH+]1CC[NH+](CC(=O)N2CCCC2)CC1)N1CCCC1.[Cl-].[Cl-]. The molecule has 0 aromatic carbocycles. The summed E-state index contributed by atoms with van der Waals surface area (Å²) in [6, 6.07) is 0. The van der Waals surface area contributed by atoms with Crippen molar-refractivity contribution in [1.29, 1.82) is 0 Å². The third-order valence-corrected chi connectivity index (χ3v) is 5.38. The molecule has 3 saturated heterocycles. The fraction of sp³-hybridized carbons (Fsp3) is 0.875. The topological polar surface area (TPSA) is 49.5 Å². The van der Waals surface area contributed by atoms with Crippen LogP contribution in [0.3, 0.4) is 0 Å². The van der Waals surface area contributed by atoms with Gasteiger partial charge in [-0.25, -0.2) is 0 Å². The monoisotopic (exact) mass is 380 g/mol. The summed E-state index contributed by atoms with van der Waals surface area (Å²) in [5, 5.41) is 0. The molecule has 0 aromatic heterocycles. The zero-order valence-electron chi connectivity index (χ0n) is 14.4. The first-order chi connectivity index (χ1) is 10.7. The van der Waals surface area contributed by atoms with Gasteiger partial charge in [-0.15, -0.1) is 0 Å². The Morgan fingerprint density at radius 2 is 0.917 bits per heavy atom. The molecular formula is C16H30Cl2N4O2. The molecule has 3 aliphatic rings. The highest BCUT2D eigenvalue weighted by atomic mass is 35.5. The van der Waals surface area contributed by atoms with Gasteiger partial charge in [-0.2, -0.15) is 0 Å². The molecule has 0 spiro atoms. The molecule has 8 heteroatoms. The summed E-state index contributed by atoms with van der Waals surface area (Å²) in [4.78, 5) is 31.2. The van der Waals surface area contributed by atoms with Crippen LogP contribution in [-0.4, -0.2) is 87.1 Å². The van der Waals surface area contributed by atoms with Crippen LogP contribution in [-0.2, 0) is 9.59 Å². The number of carbonyl (C=O) groups excluding carboxylic acids is 2. The van der Waals surface area contributed by atoms with Gasteiger partial charge in [0.05, 0.1) is 0 Å². The van der Waals surface area contributed by atoms with Gasteiger partial charge in [-0.1, -0.05) is 0 Å². The number of hydrogen-bond donors (Lipinski definition) is 2. The number of halogens is 2. The minimum absolute atomic E-state index is 0. The Labute approximate surface area is 157 Å². The molecule has 3 heterocycles. The summed E-state index contributed by atoms with van der Waals surface area (Å²) in [6.45, 7) is 9.17. The van der Waals surface area contributed by atoms with Gasteiger partial charge >= 0.3 is 0 Å². The lowest BCUT2D eigenvalue weighted by Gasteiger charge is -2.30. The summed E-state index contributed by atoms with van der Waals surface area (Å²) in [7, 11) is 0. The number of quaternary nitrogens is 2. The number of amides is 2. The molecule has 3 fully saturated rings. The van der Waals surface area contributed by atoms with Gasteiger partial charge in [0.15, 0.2) is 13.1 Å². The Bertz CT molecular complexity index is 367. The van der Waals surface area contributed by atoms with Crippen LogP contribution in [0.5, 0.6) is 0 Å². The first kappa shape index (κ1) is 21.5. The Morgan fingerprint density at radius 3 is 1.21 bits per heavy atom. The van der Waals surface area contributed by atoms with Gasteiger partial charge in [0.1, 0.15) is 26.2 Å². The molecule has 0 saturated carbocycles. The molecule has 24 heavy (non-hydrogen) atoms. The second-order valence-corrected chi connectivity index (χ2v) is 7.03. The van der Waals surface area contributed by atoms with E-state index >= 15 is 0 Å². The average Bonchev–Trinajstić information content (AvgIpc) is 3.23. The zero-order chi connectivity index (χ0) is 15.4. The Morgan fingerprint density at radius 1 is 0.625 bits per heavy atom. The van der Waals surface area contributed by atoms with E-state index < -0.39 is 0 Å². The summed E-state index contributed by atoms with van der Waals surface area (Å²) >= 11 is 0. The predicted octanol–water partition coefficient (Wildman–Crippen LogP) is -8.98. The molecule has 6 nitrogen and oxygen atoms in total. The van der Waals surface area contributed by atoms with Gasteiger partial charge in [-0.05, 0) is 25.7 Å². The lowest BCUT2D eigenvalue weighted by atomic mass is 10.3. The van der Waals surface area contributed by atoms with E-state index in [4.69, 9.17) is 0 Å². The first-order valence-electron chi connectivity index (χ1n) is 8.95. The minimum atomic E-state index is 0. The van der Waals surface area contributed by atoms with Crippen LogP contribution < -0.4 is 34.6 Å². The molecule has 2 N–H and O–H groups in total. The van der Waals surface area contributed by atoms with E-state index in [1.165, 1.54) is 9.80 Å². The van der Waals surface area contributed by atoms with Crippen molar-refractivity contribution in [3.05, 3.63) is 0 Å². The number of carbonyl (C=O) groups is 2. The van der Waals surface area contributed by atoms with Gasteiger partial charge in [0, 0.05) is 26.2 Å². The second kappa shape index (κ2) is 10.4. The molecule has 0 aromatic rings. The number of nitrogens with zero attached hydrogens (tertiary/aromatic N) is 2. The van der Waals surface area contributed by atoms with E-state index in [1.807, 2.05) is 9.80 Å². The van der Waals surface area contributed by atoms with Crippen LogP contribution in [0.2, 0.25) is 0 Å². The highest BCUT2D eigenvalue weighted by Crippen LogP contribution is 2.07. The minimum Gasteiger partial charge on any atom is -1.00 e. The van der Waals surface area contributed by atoms with Crippen molar-refractivity contribution in [1.82, 2.24) is 9.80 Å². The molecule has 2 amide bonds. The Hall–Kier alpha value is -0.560. The molecule has 0 radical (unpaired) electrons. The maximum Gasteiger partial charge on any atom is 0.277 e. The van der Waals surface area contributed by atoms with E-state index in [-0.39, 0.29) is 24.8 Å². The highest BCUT2D eigenvalue weighted by Gasteiger charge is 2.30. The summed E-state index contributed by atoms with van der Waals surface area (Å²) < 4.78 is 0. The molecule has 3 rings (SSSR count). The van der Waals surface area contributed by atoms with Gasteiger partial charge < -0.3 is 44.4 Å². The van der Waals surface area contributed by atoms with Crippen LogP contribution in [0.1, 0.15) is 25.7 Å². The van der Waals surface area contributed by atoms with Crippen LogP contribution >= 0.6 is 0 Å². The number of hydrogen-bond acceptors (Lipinski definition) is 2. The van der Waals surface area contributed by atoms with Crippen LogP contribution in [0.4, 0.5) is 0 Å². The van der Waals surface area contributed by atoms with Crippen LogP contribution in [0, 0.1) is 0 Å². The fourth-order valence-corrected chi connectivity index (χ4v) is 3.90. The normalized spacial score (nSPS) is 26.7. The van der Waals surface area contributed by atoms with Crippen LogP contribution in [0.15, 0.2) is 0 Å². The number of likely N-dealkylation sites (tertiary alicyclic amines) is 2. The van der Waals surface area contributed by atoms with E-state index in [0.717, 1.165) is 78.0 Å². The van der Waals surface area contributed by atoms with E-state index in [2.05, 4.69) is 0 Å². The van der Waals surface area contributed by atoms with Crippen LogP contribution in [0.25, 0.3) is 0 Å². The molecule has 0 bridgehead atoms. The summed E-state index contributed by atoms with van der Waals surface area (Å²) in [5.41, 5.74) is 0. The summed E-state index contributed by atoms with van der Waals surface area (Å²) in [5.74, 6) is 0.646. The van der Waals surface area contributed by atoms with Crippen molar-refractivity contribution in [3.8, 4) is 0 Å². The predicted molar refractivity (Wildman–Crippen MR) is 82.8 cm³/mol. The standard InChI is InChI=1S/C16H28N4O2.2ClH/c21-15(19-5-1-2-6-19)13-17-9-11-18(12-10-17)14-16(22)20-7-3-4-8-20;;/h1-14H2;2*1H. The third kappa shape index (κ3) is 5.76. The molecule has 140 valence electrons. The van der Waals surface area contributed by atoms with Crippen molar-refractivity contribution in [2.45, 2.75) is 25.7 Å². The van der Waals surface area contributed by atoms with Crippen molar-refractivity contribution in [2.75, 3.05) is 65.4 Å². The van der Waals surface area contributed by atoms with E-state index in [0.29, 0.717) is 24.9 Å². The second-order valence-electron chi connectivity index (χ2n) is 7.03. The number of piperazine rings is 1. The average molecular weight is 381 g/mol. The number of rotatable bonds is 4. The fourth-order valence-electron chi connectivity index (χ4n) is 3.90. The van der Waals surface area contributed by atoms with E-state index in [1.54, 1.807) is 0 Å². The van der Waals surface area contributed by atoms with Gasteiger partial charge in [-0.3, -0.25) is 9.59 Å². The lowest BCUT2D eigenvalue weighted by Crippen LogP contribution is -3.28. The molecule has 0 aliphatic carbocycles. The van der Waals surface area contributed by atoms with E-state index in [9.17, 15) is 9.59 Å². The summed E-state index contributed by atoms with van der Waals surface area (Å²) in [6.07, 6.45) is 4.66. The molecule has 3 aliphatic heterocycles. The van der Waals surface area contributed by atoms with Crippen molar-refractivity contribution < 1.29 is 44.2 Å². The lowest BCUT2D eigenvalue weighted by molar-refractivity contribution is -1.01. The number of nitrogens with one attached hydrogen (secondary N) is 2.